The zero-order valence-electron chi connectivity index (χ0n) is 11.3. The van der Waals surface area contributed by atoms with Crippen molar-refractivity contribution in [3.8, 4) is 0 Å². The summed E-state index contributed by atoms with van der Waals surface area (Å²) in [5.41, 5.74) is 5.17. The van der Waals surface area contributed by atoms with Crippen LogP contribution in [0.4, 0.5) is 0 Å². The van der Waals surface area contributed by atoms with Crippen LogP contribution < -0.4 is 5.73 Å². The van der Waals surface area contributed by atoms with Gasteiger partial charge in [0.05, 0.1) is 18.6 Å². The molecular weight excluding hydrogens is 248 g/mol. The highest BCUT2D eigenvalue weighted by atomic mass is 16.5. The molecule has 0 radical (unpaired) electrons. The Balaban J connectivity index is 2.17. The molecule has 0 spiro atoms. The third kappa shape index (κ3) is 2.74. The minimum absolute atomic E-state index is 0.0354. The van der Waals surface area contributed by atoms with Crippen molar-refractivity contribution in [3.05, 3.63) is 0 Å². The topological polar surface area (TPSA) is 92.9 Å². The Labute approximate surface area is 112 Å². The molecule has 1 saturated heterocycles. The molecule has 6 heteroatoms. The molecular formula is C13H22N2O4. The quantitative estimate of drug-likeness (QED) is 0.761. The van der Waals surface area contributed by atoms with Gasteiger partial charge in [0.2, 0.25) is 5.91 Å². The predicted octanol–water partition coefficient (Wildman–Crippen LogP) is 0.206. The Morgan fingerprint density at radius 1 is 1.42 bits per heavy atom. The summed E-state index contributed by atoms with van der Waals surface area (Å²) in [7, 11) is 0. The minimum Gasteiger partial charge on any atom is -0.480 e. The van der Waals surface area contributed by atoms with Crippen molar-refractivity contribution >= 4 is 11.9 Å². The van der Waals surface area contributed by atoms with Crippen molar-refractivity contribution < 1.29 is 19.4 Å². The van der Waals surface area contributed by atoms with Gasteiger partial charge in [0, 0.05) is 12.1 Å². The maximum Gasteiger partial charge on any atom is 0.323 e. The summed E-state index contributed by atoms with van der Waals surface area (Å²) in [5.74, 6) is -1.15. The lowest BCUT2D eigenvalue weighted by Gasteiger charge is -2.35. The number of carboxylic acids is 1. The van der Waals surface area contributed by atoms with Crippen LogP contribution in [0.15, 0.2) is 0 Å². The number of carboxylic acid groups (broad SMARTS) is 1. The number of amides is 1. The van der Waals surface area contributed by atoms with Gasteiger partial charge in [-0.25, -0.2) is 0 Å². The first-order valence-electron chi connectivity index (χ1n) is 6.81. The molecule has 1 aliphatic carbocycles. The van der Waals surface area contributed by atoms with E-state index in [9.17, 15) is 9.59 Å². The lowest BCUT2D eigenvalue weighted by atomic mass is 9.83. The van der Waals surface area contributed by atoms with E-state index in [4.69, 9.17) is 15.6 Å². The average molecular weight is 270 g/mol. The third-order valence-electron chi connectivity index (χ3n) is 4.34. The summed E-state index contributed by atoms with van der Waals surface area (Å²) in [5, 5.41) is 9.03. The summed E-state index contributed by atoms with van der Waals surface area (Å²) in [6.07, 6.45) is 3.86. The molecule has 3 N–H and O–H groups in total. The Kier molecular flexibility index (Phi) is 4.10. The number of hydrogen-bond acceptors (Lipinski definition) is 4. The number of nitrogens with two attached hydrogens (primary N) is 1. The highest BCUT2D eigenvalue weighted by Gasteiger charge is 2.48. The summed E-state index contributed by atoms with van der Waals surface area (Å²) >= 11 is 0. The average Bonchev–Trinajstić information content (AvgIpc) is 2.97. The molecule has 1 heterocycles. The van der Waals surface area contributed by atoms with E-state index in [-0.39, 0.29) is 31.1 Å². The van der Waals surface area contributed by atoms with E-state index >= 15 is 0 Å². The Morgan fingerprint density at radius 3 is 2.53 bits per heavy atom. The number of carbonyl (C=O) groups excluding carboxylic acids is 1. The van der Waals surface area contributed by atoms with E-state index in [2.05, 4.69) is 0 Å². The first kappa shape index (κ1) is 14.3. The van der Waals surface area contributed by atoms with Gasteiger partial charge in [0.15, 0.2) is 0 Å². The van der Waals surface area contributed by atoms with Gasteiger partial charge >= 0.3 is 5.97 Å². The zero-order chi connectivity index (χ0) is 14.0. The summed E-state index contributed by atoms with van der Waals surface area (Å²) < 4.78 is 5.29. The van der Waals surface area contributed by atoms with Crippen molar-refractivity contribution in [2.45, 2.75) is 44.7 Å². The molecule has 2 unspecified atom stereocenters. The number of rotatable bonds is 4. The normalized spacial score (nSPS) is 31.6. The van der Waals surface area contributed by atoms with E-state index in [1.807, 2.05) is 0 Å². The predicted molar refractivity (Wildman–Crippen MR) is 68.5 cm³/mol. The molecule has 0 bridgehead atoms. The summed E-state index contributed by atoms with van der Waals surface area (Å²) in [6.45, 7) is 2.16. The second kappa shape index (κ2) is 5.46. The zero-order valence-corrected chi connectivity index (χ0v) is 11.3. The van der Waals surface area contributed by atoms with Crippen LogP contribution in [0.1, 0.15) is 32.6 Å². The molecule has 0 aromatic rings. The lowest BCUT2D eigenvalue weighted by Crippen LogP contribution is -2.55. The molecule has 108 valence electrons. The second-order valence-electron chi connectivity index (χ2n) is 5.80. The molecule has 1 saturated carbocycles. The van der Waals surface area contributed by atoms with Crippen molar-refractivity contribution in [2.24, 2.45) is 11.1 Å². The van der Waals surface area contributed by atoms with Crippen molar-refractivity contribution in [1.82, 2.24) is 4.90 Å². The number of carbonyl (C=O) groups is 2. The van der Waals surface area contributed by atoms with Gasteiger partial charge in [-0.1, -0.05) is 12.8 Å². The summed E-state index contributed by atoms with van der Waals surface area (Å²) in [6, 6.07) is -0.328. The highest BCUT2D eigenvalue weighted by Crippen LogP contribution is 2.33. The molecule has 6 nitrogen and oxygen atoms in total. The molecule has 19 heavy (non-hydrogen) atoms. The maximum atomic E-state index is 12.7. The van der Waals surface area contributed by atoms with E-state index < -0.39 is 11.4 Å². The minimum atomic E-state index is -0.976. The number of ether oxygens (including phenoxy) is 1. The van der Waals surface area contributed by atoms with Crippen LogP contribution >= 0.6 is 0 Å². The standard InChI is InChI=1S/C13H22N2O4/c1-13(8-19-7-10(13)14)12(18)15(6-11(16)17)9-4-2-3-5-9/h9-10H,2-8,14H2,1H3,(H,16,17). The highest BCUT2D eigenvalue weighted by molar-refractivity contribution is 5.87. The molecule has 2 rings (SSSR count). The molecule has 2 fully saturated rings. The van der Waals surface area contributed by atoms with Crippen molar-refractivity contribution in [1.29, 1.82) is 0 Å². The first-order valence-corrected chi connectivity index (χ1v) is 6.81. The lowest BCUT2D eigenvalue weighted by molar-refractivity contribution is -0.152. The maximum absolute atomic E-state index is 12.7. The van der Waals surface area contributed by atoms with E-state index in [0.717, 1.165) is 25.7 Å². The van der Waals surface area contributed by atoms with Crippen molar-refractivity contribution in [2.75, 3.05) is 19.8 Å². The van der Waals surface area contributed by atoms with E-state index in [1.165, 1.54) is 4.90 Å². The monoisotopic (exact) mass is 270 g/mol. The fourth-order valence-electron chi connectivity index (χ4n) is 2.97. The van der Waals surface area contributed by atoms with Gasteiger partial charge in [-0.15, -0.1) is 0 Å². The van der Waals surface area contributed by atoms with Crippen LogP contribution in [0.3, 0.4) is 0 Å². The van der Waals surface area contributed by atoms with Crippen LogP contribution in [0.5, 0.6) is 0 Å². The first-order chi connectivity index (χ1) is 8.95. The Hall–Kier alpha value is -1.14. The largest absolute Gasteiger partial charge is 0.480 e. The van der Waals surface area contributed by atoms with Crippen LogP contribution in [-0.4, -0.2) is 53.7 Å². The Bertz CT molecular complexity index is 368. The van der Waals surface area contributed by atoms with Gasteiger partial charge in [0.1, 0.15) is 6.54 Å². The molecule has 1 aliphatic heterocycles. The third-order valence-corrected chi connectivity index (χ3v) is 4.34. The van der Waals surface area contributed by atoms with Crippen molar-refractivity contribution in [3.63, 3.8) is 0 Å². The molecule has 0 aromatic carbocycles. The molecule has 1 amide bonds. The van der Waals surface area contributed by atoms with Crippen LogP contribution in [0.25, 0.3) is 0 Å². The SMILES string of the molecule is CC1(C(=O)N(CC(=O)O)C2CCCC2)COCC1N. The Morgan fingerprint density at radius 2 is 2.05 bits per heavy atom. The fourth-order valence-corrected chi connectivity index (χ4v) is 2.97. The van der Waals surface area contributed by atoms with E-state index in [0.29, 0.717) is 6.61 Å². The number of nitrogens with zero attached hydrogens (tertiary/aromatic N) is 1. The summed E-state index contributed by atoms with van der Waals surface area (Å²) in [4.78, 5) is 25.2. The number of aliphatic carboxylic acids is 1. The van der Waals surface area contributed by atoms with Crippen LogP contribution in [-0.2, 0) is 14.3 Å². The van der Waals surface area contributed by atoms with Gasteiger partial charge in [-0.2, -0.15) is 0 Å². The van der Waals surface area contributed by atoms with Gasteiger partial charge < -0.3 is 20.5 Å². The van der Waals surface area contributed by atoms with Crippen LogP contribution in [0, 0.1) is 5.41 Å². The molecule has 2 atom stereocenters. The van der Waals surface area contributed by atoms with Gasteiger partial charge in [-0.3, -0.25) is 9.59 Å². The molecule has 0 aromatic heterocycles. The smallest absolute Gasteiger partial charge is 0.323 e. The van der Waals surface area contributed by atoms with Crippen LogP contribution in [0.2, 0.25) is 0 Å². The second-order valence-corrected chi connectivity index (χ2v) is 5.80. The van der Waals surface area contributed by atoms with Gasteiger partial charge in [-0.05, 0) is 19.8 Å². The fraction of sp³-hybridized carbons (Fsp3) is 0.846. The number of hydrogen-bond donors (Lipinski definition) is 2. The van der Waals surface area contributed by atoms with E-state index in [1.54, 1.807) is 6.92 Å². The molecule has 2 aliphatic rings. The van der Waals surface area contributed by atoms with Gasteiger partial charge in [0.25, 0.3) is 0 Å².